The van der Waals surface area contributed by atoms with Gasteiger partial charge in [0, 0.05) is 6.54 Å². The molecule has 1 aromatic rings. The SMILES string of the molecule is O=C(O)COCCNc1cc(C(F)(F)F)ncc1[N+](=O)[O-]. The number of pyridine rings is 1. The van der Waals surface area contributed by atoms with Gasteiger partial charge in [0.2, 0.25) is 0 Å². The van der Waals surface area contributed by atoms with Crippen LogP contribution in [0.15, 0.2) is 12.3 Å². The van der Waals surface area contributed by atoms with E-state index in [9.17, 15) is 28.1 Å². The number of hydrogen-bond acceptors (Lipinski definition) is 6. The molecular formula is C10H10F3N3O5. The van der Waals surface area contributed by atoms with Crippen LogP contribution in [0.2, 0.25) is 0 Å². The van der Waals surface area contributed by atoms with Gasteiger partial charge in [0.05, 0.1) is 11.5 Å². The van der Waals surface area contributed by atoms with E-state index in [1.54, 1.807) is 0 Å². The fourth-order valence-corrected chi connectivity index (χ4v) is 1.31. The number of nitro groups is 1. The summed E-state index contributed by atoms with van der Waals surface area (Å²) >= 11 is 0. The lowest BCUT2D eigenvalue weighted by Crippen LogP contribution is -2.16. The van der Waals surface area contributed by atoms with Crippen LogP contribution in [0, 0.1) is 10.1 Å². The van der Waals surface area contributed by atoms with Crippen molar-refractivity contribution < 1.29 is 32.7 Å². The quantitative estimate of drug-likeness (QED) is 0.446. The second-order valence-electron chi connectivity index (χ2n) is 3.71. The molecule has 0 radical (unpaired) electrons. The summed E-state index contributed by atoms with van der Waals surface area (Å²) < 4.78 is 42.1. The Kier molecular flexibility index (Phi) is 5.41. The number of alkyl halides is 3. The van der Waals surface area contributed by atoms with E-state index in [0.717, 1.165) is 0 Å². The minimum absolute atomic E-state index is 0.102. The minimum atomic E-state index is -4.73. The fraction of sp³-hybridized carbons (Fsp3) is 0.400. The van der Waals surface area contributed by atoms with Gasteiger partial charge < -0.3 is 15.2 Å². The summed E-state index contributed by atoms with van der Waals surface area (Å²) in [5.74, 6) is -1.20. The molecule has 2 N–H and O–H groups in total. The highest BCUT2D eigenvalue weighted by atomic mass is 19.4. The van der Waals surface area contributed by atoms with Crippen molar-refractivity contribution in [1.29, 1.82) is 0 Å². The topological polar surface area (TPSA) is 115 Å². The maximum absolute atomic E-state index is 12.5. The van der Waals surface area contributed by atoms with Crippen LogP contribution in [0.4, 0.5) is 24.5 Å². The highest BCUT2D eigenvalue weighted by Crippen LogP contribution is 2.32. The Bertz CT molecular complexity index is 535. The molecule has 0 aliphatic heterocycles. The number of carbonyl (C=O) groups is 1. The first kappa shape index (κ1) is 16.6. The Hall–Kier alpha value is -2.43. The van der Waals surface area contributed by atoms with Crippen molar-refractivity contribution in [2.24, 2.45) is 0 Å². The monoisotopic (exact) mass is 309 g/mol. The number of carboxylic acid groups (broad SMARTS) is 1. The normalized spacial score (nSPS) is 11.2. The van der Waals surface area contributed by atoms with E-state index in [0.29, 0.717) is 12.3 Å². The molecule has 0 atom stereocenters. The number of ether oxygens (including phenoxy) is 1. The third kappa shape index (κ3) is 5.22. The number of halogens is 3. The van der Waals surface area contributed by atoms with E-state index in [1.165, 1.54) is 0 Å². The van der Waals surface area contributed by atoms with Crippen LogP contribution >= 0.6 is 0 Å². The second-order valence-corrected chi connectivity index (χ2v) is 3.71. The van der Waals surface area contributed by atoms with E-state index >= 15 is 0 Å². The van der Waals surface area contributed by atoms with Crippen LogP contribution in [0.1, 0.15) is 5.69 Å². The number of nitrogens with one attached hydrogen (secondary N) is 1. The Morgan fingerprint density at radius 2 is 2.19 bits per heavy atom. The molecule has 11 heteroatoms. The molecular weight excluding hydrogens is 299 g/mol. The van der Waals surface area contributed by atoms with Crippen molar-refractivity contribution in [3.05, 3.63) is 28.1 Å². The third-order valence-electron chi connectivity index (χ3n) is 2.16. The van der Waals surface area contributed by atoms with Gasteiger partial charge in [0.15, 0.2) is 0 Å². The molecule has 1 aromatic heterocycles. The van der Waals surface area contributed by atoms with Gasteiger partial charge in [-0.05, 0) is 6.07 Å². The van der Waals surface area contributed by atoms with E-state index in [-0.39, 0.29) is 18.8 Å². The Morgan fingerprint density at radius 3 is 2.71 bits per heavy atom. The molecule has 8 nitrogen and oxygen atoms in total. The third-order valence-corrected chi connectivity index (χ3v) is 2.16. The first-order valence-electron chi connectivity index (χ1n) is 5.47. The summed E-state index contributed by atoms with van der Waals surface area (Å²) in [7, 11) is 0. The second kappa shape index (κ2) is 6.83. The number of aliphatic carboxylic acids is 1. The summed E-state index contributed by atoms with van der Waals surface area (Å²) in [6.45, 7) is -0.823. The molecule has 21 heavy (non-hydrogen) atoms. The van der Waals surface area contributed by atoms with E-state index in [4.69, 9.17) is 5.11 Å². The van der Waals surface area contributed by atoms with Crippen LogP contribution in [0.25, 0.3) is 0 Å². The summed E-state index contributed by atoms with van der Waals surface area (Å²) in [5, 5.41) is 21.4. The van der Waals surface area contributed by atoms with Crippen LogP contribution in [-0.2, 0) is 15.7 Å². The summed E-state index contributed by atoms with van der Waals surface area (Å²) in [4.78, 5) is 23.0. The van der Waals surface area contributed by atoms with Crippen molar-refractivity contribution in [1.82, 2.24) is 4.98 Å². The molecule has 0 spiro atoms. The number of hydrogen-bond donors (Lipinski definition) is 2. The van der Waals surface area contributed by atoms with Crippen LogP contribution in [0.3, 0.4) is 0 Å². The molecule has 0 saturated heterocycles. The van der Waals surface area contributed by atoms with Crippen molar-refractivity contribution >= 4 is 17.3 Å². The zero-order valence-electron chi connectivity index (χ0n) is 10.4. The van der Waals surface area contributed by atoms with Crippen molar-refractivity contribution in [2.75, 3.05) is 25.1 Å². The highest BCUT2D eigenvalue weighted by molar-refractivity contribution is 5.68. The van der Waals surface area contributed by atoms with Crippen LogP contribution in [0.5, 0.6) is 0 Å². The molecule has 0 aromatic carbocycles. The molecule has 0 bridgehead atoms. The first-order valence-corrected chi connectivity index (χ1v) is 5.47. The van der Waals surface area contributed by atoms with Gasteiger partial charge in [-0.3, -0.25) is 10.1 Å². The molecule has 1 heterocycles. The van der Waals surface area contributed by atoms with Gasteiger partial charge in [0.1, 0.15) is 24.2 Å². The van der Waals surface area contributed by atoms with Crippen LogP contribution in [-0.4, -0.2) is 40.7 Å². The van der Waals surface area contributed by atoms with Crippen molar-refractivity contribution in [3.8, 4) is 0 Å². The van der Waals surface area contributed by atoms with Gasteiger partial charge >= 0.3 is 17.8 Å². The Labute approximate surface area is 115 Å². The highest BCUT2D eigenvalue weighted by Gasteiger charge is 2.34. The number of aromatic nitrogens is 1. The first-order chi connectivity index (χ1) is 9.71. The number of anilines is 1. The Balaban J connectivity index is 2.77. The zero-order valence-corrected chi connectivity index (χ0v) is 10.4. The molecule has 1 rings (SSSR count). The molecule has 0 saturated carbocycles. The predicted octanol–water partition coefficient (Wildman–Crippen LogP) is 1.52. The maximum atomic E-state index is 12.5. The molecule has 116 valence electrons. The summed E-state index contributed by atoms with van der Waals surface area (Å²) in [6.07, 6.45) is -4.23. The number of nitrogens with zero attached hydrogens (tertiary/aromatic N) is 2. The average molecular weight is 309 g/mol. The van der Waals surface area contributed by atoms with Gasteiger partial charge in [-0.15, -0.1) is 0 Å². The smallest absolute Gasteiger partial charge is 0.433 e. The van der Waals surface area contributed by atoms with E-state index in [1.807, 2.05) is 0 Å². The predicted molar refractivity (Wildman–Crippen MR) is 62.8 cm³/mol. The molecule has 0 aliphatic rings. The van der Waals surface area contributed by atoms with Crippen molar-refractivity contribution in [2.45, 2.75) is 6.18 Å². The fourth-order valence-electron chi connectivity index (χ4n) is 1.31. The zero-order chi connectivity index (χ0) is 16.0. The Morgan fingerprint density at radius 1 is 1.52 bits per heavy atom. The minimum Gasteiger partial charge on any atom is -0.480 e. The summed E-state index contributed by atoms with van der Waals surface area (Å²) in [6, 6.07) is 0.509. The van der Waals surface area contributed by atoms with Gasteiger partial charge in [0.25, 0.3) is 0 Å². The molecule has 0 fully saturated rings. The average Bonchev–Trinajstić information content (AvgIpc) is 2.36. The van der Waals surface area contributed by atoms with Gasteiger partial charge in [-0.25, -0.2) is 9.78 Å². The van der Waals surface area contributed by atoms with Gasteiger partial charge in [-0.2, -0.15) is 13.2 Å². The lowest BCUT2D eigenvalue weighted by atomic mass is 10.2. The van der Waals surface area contributed by atoms with Crippen molar-refractivity contribution in [3.63, 3.8) is 0 Å². The lowest BCUT2D eigenvalue weighted by Gasteiger charge is -2.10. The van der Waals surface area contributed by atoms with Gasteiger partial charge in [-0.1, -0.05) is 0 Å². The maximum Gasteiger partial charge on any atom is 0.433 e. The molecule has 0 aliphatic carbocycles. The number of carboxylic acids is 1. The van der Waals surface area contributed by atoms with Crippen LogP contribution < -0.4 is 5.32 Å². The standard InChI is InChI=1S/C10H10F3N3O5/c11-10(12,13)8-3-6(7(4-15-8)16(19)20)14-1-2-21-5-9(17)18/h3-4H,1-2,5H2,(H,14,15)(H,17,18). The molecule has 0 unspecified atom stereocenters. The lowest BCUT2D eigenvalue weighted by molar-refractivity contribution is -0.384. The molecule has 0 amide bonds. The van der Waals surface area contributed by atoms with E-state index in [2.05, 4.69) is 15.0 Å². The largest absolute Gasteiger partial charge is 0.480 e. The number of rotatable bonds is 7. The summed E-state index contributed by atoms with van der Waals surface area (Å²) in [5.41, 5.74) is -2.27. The van der Waals surface area contributed by atoms with E-state index < -0.39 is 35.1 Å².